The summed E-state index contributed by atoms with van der Waals surface area (Å²) in [6, 6.07) is 4.27. The molecule has 2 aliphatic rings. The lowest BCUT2D eigenvalue weighted by molar-refractivity contribution is 0.211. The molecule has 2 aliphatic carbocycles. The van der Waals surface area contributed by atoms with E-state index in [1.807, 2.05) is 6.20 Å². The van der Waals surface area contributed by atoms with E-state index in [4.69, 9.17) is 4.74 Å². The van der Waals surface area contributed by atoms with Crippen LogP contribution in [-0.4, -0.2) is 11.6 Å². The summed E-state index contributed by atoms with van der Waals surface area (Å²) < 4.78 is 5.72. The number of aryl methyl sites for hydroxylation is 1. The van der Waals surface area contributed by atoms with Crippen molar-refractivity contribution in [3.05, 3.63) is 24.0 Å². The molecule has 2 saturated carbocycles. The summed E-state index contributed by atoms with van der Waals surface area (Å²) >= 11 is 0. The Morgan fingerprint density at radius 3 is 1.90 bits per heavy atom. The SMILES string of the molecule is CCCCOc1ccc(CC[C@H]2CC[C@H](CC[C@H]3CC[C@H](CC)CC3)CC2)nc1. The van der Waals surface area contributed by atoms with Crippen LogP contribution in [-0.2, 0) is 6.42 Å². The van der Waals surface area contributed by atoms with Gasteiger partial charge in [-0.1, -0.05) is 90.9 Å². The number of ether oxygens (including phenoxy) is 1. The van der Waals surface area contributed by atoms with Crippen molar-refractivity contribution in [3.63, 3.8) is 0 Å². The van der Waals surface area contributed by atoms with E-state index in [0.29, 0.717) is 0 Å². The highest BCUT2D eigenvalue weighted by molar-refractivity contribution is 5.19. The van der Waals surface area contributed by atoms with Crippen LogP contribution in [0.1, 0.15) is 109 Å². The maximum Gasteiger partial charge on any atom is 0.137 e. The number of nitrogens with zero attached hydrogens (tertiary/aromatic N) is 1. The summed E-state index contributed by atoms with van der Waals surface area (Å²) in [7, 11) is 0. The molecule has 29 heavy (non-hydrogen) atoms. The second-order valence-corrected chi connectivity index (χ2v) is 9.99. The van der Waals surface area contributed by atoms with E-state index in [2.05, 4.69) is 31.0 Å². The van der Waals surface area contributed by atoms with Gasteiger partial charge in [-0.15, -0.1) is 0 Å². The molecule has 2 fully saturated rings. The summed E-state index contributed by atoms with van der Waals surface area (Å²) in [6.45, 7) is 5.37. The number of hydrogen-bond donors (Lipinski definition) is 0. The Hall–Kier alpha value is -1.05. The Labute approximate surface area is 180 Å². The van der Waals surface area contributed by atoms with Gasteiger partial charge in [0.1, 0.15) is 5.75 Å². The van der Waals surface area contributed by atoms with Crippen LogP contribution >= 0.6 is 0 Å². The lowest BCUT2D eigenvalue weighted by Crippen LogP contribution is -2.18. The van der Waals surface area contributed by atoms with Crippen molar-refractivity contribution >= 4 is 0 Å². The number of pyridine rings is 1. The summed E-state index contributed by atoms with van der Waals surface area (Å²) in [5.41, 5.74) is 1.23. The molecule has 164 valence electrons. The van der Waals surface area contributed by atoms with E-state index in [0.717, 1.165) is 48.9 Å². The first-order valence-corrected chi connectivity index (χ1v) is 12.8. The molecule has 0 radical (unpaired) electrons. The van der Waals surface area contributed by atoms with Gasteiger partial charge < -0.3 is 4.74 Å². The van der Waals surface area contributed by atoms with Gasteiger partial charge >= 0.3 is 0 Å². The molecule has 2 heteroatoms. The second-order valence-electron chi connectivity index (χ2n) is 9.99. The normalized spacial score (nSPS) is 27.7. The van der Waals surface area contributed by atoms with Crippen LogP contribution in [0.3, 0.4) is 0 Å². The van der Waals surface area contributed by atoms with Crippen molar-refractivity contribution in [2.75, 3.05) is 6.61 Å². The van der Waals surface area contributed by atoms with Crippen molar-refractivity contribution in [3.8, 4) is 5.75 Å². The highest BCUT2D eigenvalue weighted by Crippen LogP contribution is 2.38. The molecule has 3 rings (SSSR count). The van der Waals surface area contributed by atoms with Crippen molar-refractivity contribution in [1.82, 2.24) is 4.98 Å². The Balaban J connectivity index is 1.27. The van der Waals surface area contributed by atoms with Crippen molar-refractivity contribution in [1.29, 1.82) is 0 Å². The minimum Gasteiger partial charge on any atom is -0.492 e. The van der Waals surface area contributed by atoms with Crippen LogP contribution in [0.5, 0.6) is 5.75 Å². The van der Waals surface area contributed by atoms with Crippen LogP contribution in [0.4, 0.5) is 0 Å². The Morgan fingerprint density at radius 1 is 0.793 bits per heavy atom. The zero-order valence-corrected chi connectivity index (χ0v) is 19.2. The van der Waals surface area contributed by atoms with Crippen LogP contribution in [0.15, 0.2) is 18.3 Å². The van der Waals surface area contributed by atoms with E-state index in [-0.39, 0.29) is 0 Å². The largest absolute Gasteiger partial charge is 0.492 e. The van der Waals surface area contributed by atoms with E-state index in [9.17, 15) is 0 Å². The number of unbranched alkanes of at least 4 members (excludes halogenated alkanes) is 1. The molecule has 0 bridgehead atoms. The van der Waals surface area contributed by atoms with Crippen LogP contribution in [0.2, 0.25) is 0 Å². The molecule has 0 aromatic carbocycles. The predicted octanol–water partition coefficient (Wildman–Crippen LogP) is 8.00. The zero-order valence-electron chi connectivity index (χ0n) is 19.2. The van der Waals surface area contributed by atoms with E-state index < -0.39 is 0 Å². The van der Waals surface area contributed by atoms with Crippen LogP contribution in [0.25, 0.3) is 0 Å². The first-order valence-electron chi connectivity index (χ1n) is 12.8. The number of aromatic nitrogens is 1. The summed E-state index contributed by atoms with van der Waals surface area (Å²) in [5, 5.41) is 0. The highest BCUT2D eigenvalue weighted by Gasteiger charge is 2.24. The van der Waals surface area contributed by atoms with Crippen molar-refractivity contribution in [2.24, 2.45) is 23.7 Å². The fraction of sp³-hybridized carbons (Fsp3) is 0.815. The molecule has 0 saturated heterocycles. The van der Waals surface area contributed by atoms with E-state index in [1.54, 1.807) is 0 Å². The Bertz CT molecular complexity index is 538. The quantitative estimate of drug-likeness (QED) is 0.352. The second kappa shape index (κ2) is 12.6. The fourth-order valence-electron chi connectivity index (χ4n) is 5.54. The molecular formula is C27H45NO. The average molecular weight is 400 g/mol. The van der Waals surface area contributed by atoms with Gasteiger partial charge in [0.2, 0.25) is 0 Å². The van der Waals surface area contributed by atoms with Gasteiger partial charge in [-0.3, -0.25) is 4.98 Å². The van der Waals surface area contributed by atoms with Gasteiger partial charge in [0, 0.05) is 5.69 Å². The molecular weight excluding hydrogens is 354 g/mol. The van der Waals surface area contributed by atoms with Gasteiger partial charge in [-0.25, -0.2) is 0 Å². The Morgan fingerprint density at radius 2 is 1.38 bits per heavy atom. The minimum atomic E-state index is 0.806. The predicted molar refractivity (Wildman–Crippen MR) is 123 cm³/mol. The zero-order chi connectivity index (χ0) is 20.3. The average Bonchev–Trinajstić information content (AvgIpc) is 2.78. The maximum absolute atomic E-state index is 5.72. The van der Waals surface area contributed by atoms with Gasteiger partial charge in [-0.05, 0) is 55.1 Å². The third-order valence-electron chi connectivity index (χ3n) is 7.87. The molecule has 1 heterocycles. The van der Waals surface area contributed by atoms with Gasteiger partial charge in [-0.2, -0.15) is 0 Å². The molecule has 1 aromatic heterocycles. The summed E-state index contributed by atoms with van der Waals surface area (Å²) in [5.74, 6) is 4.96. The fourth-order valence-corrected chi connectivity index (χ4v) is 5.54. The topological polar surface area (TPSA) is 22.1 Å². The van der Waals surface area contributed by atoms with Crippen LogP contribution in [0, 0.1) is 23.7 Å². The molecule has 1 aromatic rings. The number of rotatable bonds is 11. The Kier molecular flexibility index (Phi) is 9.83. The first-order chi connectivity index (χ1) is 14.3. The lowest BCUT2D eigenvalue weighted by atomic mass is 9.74. The minimum absolute atomic E-state index is 0.806. The summed E-state index contributed by atoms with van der Waals surface area (Å²) in [4.78, 5) is 4.62. The maximum atomic E-state index is 5.72. The van der Waals surface area contributed by atoms with E-state index >= 15 is 0 Å². The molecule has 0 atom stereocenters. The standard InChI is InChI=1S/C27H45NO/c1-3-5-20-29-27-19-18-26(28-21-27)17-16-25-14-12-24(13-15-25)11-10-23-8-6-22(4-2)7-9-23/h18-19,21-25H,3-17,20H2,1-2H3/t22-,23-,24-,25-. The monoisotopic (exact) mass is 399 g/mol. The van der Waals surface area contributed by atoms with Gasteiger partial charge in [0.05, 0.1) is 12.8 Å². The van der Waals surface area contributed by atoms with Crippen LogP contribution < -0.4 is 4.74 Å². The smallest absolute Gasteiger partial charge is 0.137 e. The third-order valence-corrected chi connectivity index (χ3v) is 7.87. The molecule has 2 nitrogen and oxygen atoms in total. The van der Waals surface area contributed by atoms with Gasteiger partial charge in [0.15, 0.2) is 0 Å². The first kappa shape index (κ1) is 22.6. The molecule has 0 amide bonds. The molecule has 0 spiro atoms. The highest BCUT2D eigenvalue weighted by atomic mass is 16.5. The lowest BCUT2D eigenvalue weighted by Gasteiger charge is -2.31. The molecule has 0 N–H and O–H groups in total. The molecule has 0 unspecified atom stereocenters. The van der Waals surface area contributed by atoms with Crippen molar-refractivity contribution in [2.45, 2.75) is 110 Å². The van der Waals surface area contributed by atoms with E-state index in [1.165, 1.54) is 89.2 Å². The van der Waals surface area contributed by atoms with Crippen molar-refractivity contribution < 1.29 is 4.74 Å². The molecule has 0 aliphatic heterocycles. The number of hydrogen-bond acceptors (Lipinski definition) is 2. The van der Waals surface area contributed by atoms with Gasteiger partial charge in [0.25, 0.3) is 0 Å². The third kappa shape index (κ3) is 7.95. The summed E-state index contributed by atoms with van der Waals surface area (Å²) in [6.07, 6.45) is 23.0.